The molecule has 160 valence electrons. The largest absolute Gasteiger partial charge is 0.497 e. The summed E-state index contributed by atoms with van der Waals surface area (Å²) >= 11 is 0. The molecule has 1 aliphatic heterocycles. The zero-order chi connectivity index (χ0) is 22.1. The summed E-state index contributed by atoms with van der Waals surface area (Å²) in [4.78, 5) is 19.7. The molecule has 4 aromatic rings. The summed E-state index contributed by atoms with van der Waals surface area (Å²) in [5, 5.41) is 4.11. The van der Waals surface area contributed by atoms with Gasteiger partial charge in [-0.1, -0.05) is 29.8 Å². The lowest BCUT2D eigenvalue weighted by molar-refractivity contribution is 0.0951. The third-order valence-electron chi connectivity index (χ3n) is 5.96. The van der Waals surface area contributed by atoms with Gasteiger partial charge in [0.15, 0.2) is 0 Å². The van der Waals surface area contributed by atoms with E-state index in [9.17, 15) is 4.79 Å². The van der Waals surface area contributed by atoms with E-state index in [4.69, 9.17) is 9.72 Å². The average molecular weight is 424 g/mol. The molecule has 0 bridgehead atoms. The third kappa shape index (κ3) is 3.89. The number of aryl methyl sites for hydroxylation is 1. The number of nitrogens with one attached hydrogen (secondary N) is 1. The first-order valence-electron chi connectivity index (χ1n) is 10.8. The lowest BCUT2D eigenvalue weighted by Gasteiger charge is -2.19. The molecule has 32 heavy (non-hydrogen) atoms. The topological polar surface area (TPSA) is 54.5 Å². The second-order valence-corrected chi connectivity index (χ2v) is 8.15. The molecule has 0 fully saturated rings. The molecule has 0 saturated heterocycles. The normalized spacial score (nSPS) is 12.6. The third-order valence-corrected chi connectivity index (χ3v) is 5.96. The molecule has 1 N–H and O–H groups in total. The molecule has 0 saturated carbocycles. The minimum absolute atomic E-state index is 0.0739. The molecule has 5 nitrogen and oxygen atoms in total. The number of anilines is 2. The van der Waals surface area contributed by atoms with Crippen LogP contribution in [0.1, 0.15) is 27.0 Å². The number of fused-ring (bicyclic) bond motifs is 2. The highest BCUT2D eigenvalue weighted by Gasteiger charge is 2.23. The van der Waals surface area contributed by atoms with Crippen LogP contribution in [0.5, 0.6) is 5.75 Å². The second kappa shape index (κ2) is 8.35. The van der Waals surface area contributed by atoms with Gasteiger partial charge in [0.05, 0.1) is 12.6 Å². The van der Waals surface area contributed by atoms with Gasteiger partial charge < -0.3 is 15.0 Å². The van der Waals surface area contributed by atoms with Gasteiger partial charge in [0.25, 0.3) is 5.91 Å². The lowest BCUT2D eigenvalue weighted by atomic mass is 10.1. The summed E-state index contributed by atoms with van der Waals surface area (Å²) in [5.74, 6) is 1.70. The van der Waals surface area contributed by atoms with Crippen molar-refractivity contribution in [3.05, 3.63) is 95.1 Å². The van der Waals surface area contributed by atoms with Gasteiger partial charge in [0.2, 0.25) is 0 Å². The van der Waals surface area contributed by atoms with Crippen LogP contribution in [0.15, 0.2) is 72.8 Å². The van der Waals surface area contributed by atoms with Gasteiger partial charge in [-0.15, -0.1) is 0 Å². The zero-order valence-corrected chi connectivity index (χ0v) is 18.3. The van der Waals surface area contributed by atoms with E-state index in [1.54, 1.807) is 7.11 Å². The number of methoxy groups -OCH3 is 1. The van der Waals surface area contributed by atoms with Crippen molar-refractivity contribution in [3.8, 4) is 5.75 Å². The minimum Gasteiger partial charge on any atom is -0.497 e. The molecule has 0 atom stereocenters. The maximum atomic E-state index is 12.6. The molecular weight excluding hydrogens is 398 g/mol. The Morgan fingerprint density at radius 2 is 1.81 bits per heavy atom. The number of carbonyl (C=O) groups is 1. The van der Waals surface area contributed by atoms with E-state index in [0.717, 1.165) is 46.7 Å². The maximum absolute atomic E-state index is 12.6. The van der Waals surface area contributed by atoms with Crippen molar-refractivity contribution >= 4 is 28.3 Å². The van der Waals surface area contributed by atoms with Crippen LogP contribution in [0, 0.1) is 6.92 Å². The summed E-state index contributed by atoms with van der Waals surface area (Å²) < 4.78 is 5.35. The molecule has 5 heteroatoms. The summed E-state index contributed by atoms with van der Waals surface area (Å²) in [6.45, 7) is 3.44. The van der Waals surface area contributed by atoms with Crippen LogP contribution in [0.3, 0.4) is 0 Å². The Morgan fingerprint density at radius 3 is 2.56 bits per heavy atom. The highest BCUT2D eigenvalue weighted by Crippen LogP contribution is 2.35. The van der Waals surface area contributed by atoms with Crippen LogP contribution in [-0.4, -0.2) is 24.5 Å². The summed E-state index contributed by atoms with van der Waals surface area (Å²) in [6.07, 6.45) is 0.948. The van der Waals surface area contributed by atoms with E-state index in [-0.39, 0.29) is 5.91 Å². The predicted octanol–water partition coefficient (Wildman–Crippen LogP) is 5.18. The smallest absolute Gasteiger partial charge is 0.251 e. The van der Waals surface area contributed by atoms with Crippen molar-refractivity contribution in [1.29, 1.82) is 0 Å². The van der Waals surface area contributed by atoms with Gasteiger partial charge in [-0.05, 0) is 66.9 Å². The van der Waals surface area contributed by atoms with Crippen LogP contribution in [0.4, 0.5) is 11.5 Å². The number of hydrogen-bond donors (Lipinski definition) is 1. The summed E-state index contributed by atoms with van der Waals surface area (Å²) in [6, 6.07) is 24.1. The first-order valence-corrected chi connectivity index (χ1v) is 10.8. The van der Waals surface area contributed by atoms with Crippen molar-refractivity contribution in [1.82, 2.24) is 10.3 Å². The van der Waals surface area contributed by atoms with Gasteiger partial charge in [0.1, 0.15) is 11.6 Å². The van der Waals surface area contributed by atoms with Crippen LogP contribution in [-0.2, 0) is 13.0 Å². The Hall–Kier alpha value is -3.86. The highest BCUT2D eigenvalue weighted by atomic mass is 16.5. The number of rotatable bonds is 5. The van der Waals surface area contributed by atoms with Crippen molar-refractivity contribution in [2.45, 2.75) is 19.9 Å². The number of carbonyl (C=O) groups excluding carboxylic acids is 1. The highest BCUT2D eigenvalue weighted by molar-refractivity contribution is 5.94. The lowest BCUT2D eigenvalue weighted by Crippen LogP contribution is -2.23. The minimum atomic E-state index is -0.0739. The number of benzene rings is 3. The average Bonchev–Trinajstić information content (AvgIpc) is 3.24. The molecule has 1 aliphatic rings. The molecule has 0 spiro atoms. The van der Waals surface area contributed by atoms with Gasteiger partial charge in [-0.3, -0.25) is 4.79 Å². The molecule has 2 heterocycles. The fraction of sp³-hybridized carbons (Fsp3) is 0.185. The standard InChI is InChI=1S/C27H25N3O2/c1-18-3-5-19(6-4-18)17-28-27(31)20-7-10-23(11-8-20)30-14-13-22-15-21-9-12-24(32-2)16-25(21)29-26(22)30/h3-12,15-16H,13-14,17H2,1-2H3,(H,28,31). The molecule has 5 rings (SSSR count). The van der Waals surface area contributed by atoms with Crippen LogP contribution < -0.4 is 15.0 Å². The molecule has 0 radical (unpaired) electrons. The van der Waals surface area contributed by atoms with Crippen LogP contribution in [0.2, 0.25) is 0 Å². The number of hydrogen-bond acceptors (Lipinski definition) is 4. The Balaban J connectivity index is 1.33. The first kappa shape index (κ1) is 20.1. The number of amides is 1. The van der Waals surface area contributed by atoms with Crippen LogP contribution in [0.25, 0.3) is 10.9 Å². The number of ether oxygens (including phenoxy) is 1. The first-order chi connectivity index (χ1) is 15.6. The van der Waals surface area contributed by atoms with Crippen LogP contribution >= 0.6 is 0 Å². The Bertz CT molecular complexity index is 1280. The van der Waals surface area contributed by atoms with E-state index in [1.807, 2.05) is 54.6 Å². The Labute approximate surface area is 187 Å². The van der Waals surface area contributed by atoms with Crippen molar-refractivity contribution < 1.29 is 9.53 Å². The molecule has 1 amide bonds. The fourth-order valence-corrected chi connectivity index (χ4v) is 4.10. The van der Waals surface area contributed by atoms with E-state index in [1.165, 1.54) is 11.1 Å². The van der Waals surface area contributed by atoms with Gasteiger partial charge in [-0.25, -0.2) is 4.98 Å². The number of pyridine rings is 1. The van der Waals surface area contributed by atoms with Crippen molar-refractivity contribution in [3.63, 3.8) is 0 Å². The molecule has 0 unspecified atom stereocenters. The van der Waals surface area contributed by atoms with Crippen molar-refractivity contribution in [2.24, 2.45) is 0 Å². The molecular formula is C27H25N3O2. The number of aromatic nitrogens is 1. The number of nitrogens with zero attached hydrogens (tertiary/aromatic N) is 2. The SMILES string of the molecule is COc1ccc2cc3c(nc2c1)N(c1ccc(C(=O)NCc2ccc(C)cc2)cc1)CC3. The molecule has 0 aliphatic carbocycles. The zero-order valence-electron chi connectivity index (χ0n) is 18.3. The Kier molecular flexibility index (Phi) is 5.23. The molecule has 1 aromatic heterocycles. The summed E-state index contributed by atoms with van der Waals surface area (Å²) in [5.41, 5.74) is 6.14. The predicted molar refractivity (Wildman–Crippen MR) is 128 cm³/mol. The molecule has 3 aromatic carbocycles. The fourth-order valence-electron chi connectivity index (χ4n) is 4.10. The van der Waals surface area contributed by atoms with Gasteiger partial charge in [-0.2, -0.15) is 0 Å². The quantitative estimate of drug-likeness (QED) is 0.481. The van der Waals surface area contributed by atoms with Gasteiger partial charge >= 0.3 is 0 Å². The van der Waals surface area contributed by atoms with E-state index in [0.29, 0.717) is 12.1 Å². The summed E-state index contributed by atoms with van der Waals surface area (Å²) in [7, 11) is 1.67. The second-order valence-electron chi connectivity index (χ2n) is 8.15. The van der Waals surface area contributed by atoms with E-state index in [2.05, 4.69) is 35.3 Å². The van der Waals surface area contributed by atoms with E-state index >= 15 is 0 Å². The monoisotopic (exact) mass is 423 g/mol. The maximum Gasteiger partial charge on any atom is 0.251 e. The van der Waals surface area contributed by atoms with E-state index < -0.39 is 0 Å². The van der Waals surface area contributed by atoms with Crippen molar-refractivity contribution in [2.75, 3.05) is 18.6 Å². The Morgan fingerprint density at radius 1 is 1.03 bits per heavy atom. The van der Waals surface area contributed by atoms with Gasteiger partial charge in [0, 0.05) is 35.8 Å².